The molecule has 0 atom stereocenters. The van der Waals surface area contributed by atoms with Gasteiger partial charge in [-0.2, -0.15) is 0 Å². The van der Waals surface area contributed by atoms with Crippen molar-refractivity contribution in [3.8, 4) is 28.7 Å². The van der Waals surface area contributed by atoms with Crippen molar-refractivity contribution in [2.24, 2.45) is 0 Å². The van der Waals surface area contributed by atoms with Crippen LogP contribution in [0.25, 0.3) is 22.9 Å². The zero-order chi connectivity index (χ0) is 20.1. The van der Waals surface area contributed by atoms with Crippen molar-refractivity contribution in [3.05, 3.63) is 83.9 Å². The maximum absolute atomic E-state index is 12.2. The molecule has 0 bridgehead atoms. The average Bonchev–Trinajstić information content (AvgIpc) is 3.25. The number of hydrogen-bond acceptors (Lipinski definition) is 5. The van der Waals surface area contributed by atoms with Gasteiger partial charge in [-0.25, -0.2) is 0 Å². The van der Waals surface area contributed by atoms with Crippen LogP contribution in [-0.2, 0) is 4.79 Å². The number of aromatic nitrogens is 2. The lowest BCUT2D eigenvalue weighted by molar-refractivity contribution is -0.118. The first kappa shape index (κ1) is 18.7. The van der Waals surface area contributed by atoms with E-state index in [4.69, 9.17) is 20.8 Å². The van der Waals surface area contributed by atoms with Gasteiger partial charge in [0.2, 0.25) is 5.89 Å². The Hall–Kier alpha value is -3.64. The number of carbonyl (C=O) groups is 1. The number of rotatable bonds is 6. The normalized spacial score (nSPS) is 10.5. The van der Waals surface area contributed by atoms with E-state index in [-0.39, 0.29) is 12.5 Å². The molecule has 0 aliphatic rings. The second-order valence-corrected chi connectivity index (χ2v) is 6.55. The maximum Gasteiger partial charge on any atom is 0.262 e. The lowest BCUT2D eigenvalue weighted by Crippen LogP contribution is -2.20. The predicted molar refractivity (Wildman–Crippen MR) is 111 cm³/mol. The molecule has 29 heavy (non-hydrogen) atoms. The molecule has 0 aliphatic carbocycles. The van der Waals surface area contributed by atoms with Crippen molar-refractivity contribution in [1.29, 1.82) is 0 Å². The van der Waals surface area contributed by atoms with Crippen LogP contribution in [0.2, 0.25) is 5.02 Å². The number of ether oxygens (including phenoxy) is 1. The summed E-state index contributed by atoms with van der Waals surface area (Å²) in [4.78, 5) is 12.2. The number of hydrogen-bond donors (Lipinski definition) is 1. The van der Waals surface area contributed by atoms with Gasteiger partial charge in [-0.15, -0.1) is 10.2 Å². The fraction of sp³-hybridized carbons (Fsp3) is 0.0455. The monoisotopic (exact) mass is 405 g/mol. The molecule has 0 unspecified atom stereocenters. The van der Waals surface area contributed by atoms with Crippen molar-refractivity contribution < 1.29 is 13.9 Å². The smallest absolute Gasteiger partial charge is 0.262 e. The first-order valence-corrected chi connectivity index (χ1v) is 9.23. The Morgan fingerprint density at radius 3 is 2.38 bits per heavy atom. The molecule has 4 rings (SSSR count). The maximum atomic E-state index is 12.2. The fourth-order valence-corrected chi connectivity index (χ4v) is 2.80. The molecular formula is C22H16ClN3O3. The molecule has 0 fully saturated rings. The summed E-state index contributed by atoms with van der Waals surface area (Å²) in [6, 6.07) is 23.5. The van der Waals surface area contributed by atoms with E-state index in [1.807, 2.05) is 42.5 Å². The number of nitrogens with zero attached hydrogens (tertiary/aromatic N) is 2. The molecule has 4 aromatic rings. The quantitative estimate of drug-likeness (QED) is 0.484. The van der Waals surface area contributed by atoms with E-state index in [1.54, 1.807) is 36.4 Å². The van der Waals surface area contributed by atoms with E-state index in [0.29, 0.717) is 33.8 Å². The van der Waals surface area contributed by atoms with E-state index in [2.05, 4.69) is 15.5 Å². The molecule has 1 amide bonds. The highest BCUT2D eigenvalue weighted by Crippen LogP contribution is 2.30. The second-order valence-electron chi connectivity index (χ2n) is 6.12. The third-order valence-electron chi connectivity index (χ3n) is 4.05. The number of benzene rings is 3. The number of carbonyl (C=O) groups excluding carboxylic acids is 1. The van der Waals surface area contributed by atoms with Crippen LogP contribution < -0.4 is 10.1 Å². The van der Waals surface area contributed by atoms with E-state index >= 15 is 0 Å². The minimum absolute atomic E-state index is 0.167. The molecular weight excluding hydrogens is 390 g/mol. The van der Waals surface area contributed by atoms with Gasteiger partial charge in [-0.1, -0.05) is 41.9 Å². The zero-order valence-corrected chi connectivity index (χ0v) is 16.0. The average molecular weight is 406 g/mol. The van der Waals surface area contributed by atoms with E-state index in [9.17, 15) is 4.79 Å². The van der Waals surface area contributed by atoms with E-state index < -0.39 is 0 Å². The summed E-state index contributed by atoms with van der Waals surface area (Å²) in [6.45, 7) is -0.167. The minimum Gasteiger partial charge on any atom is -0.483 e. The summed E-state index contributed by atoms with van der Waals surface area (Å²) in [5.74, 6) is 0.910. The van der Waals surface area contributed by atoms with Gasteiger partial charge in [0.05, 0.1) is 5.56 Å². The van der Waals surface area contributed by atoms with Crippen LogP contribution in [0.1, 0.15) is 0 Å². The topological polar surface area (TPSA) is 77.2 Å². The van der Waals surface area contributed by atoms with Crippen LogP contribution in [-0.4, -0.2) is 22.7 Å². The largest absolute Gasteiger partial charge is 0.483 e. The Balaban J connectivity index is 1.47. The van der Waals surface area contributed by atoms with Gasteiger partial charge in [0.25, 0.3) is 11.8 Å². The molecule has 6 nitrogen and oxygen atoms in total. The van der Waals surface area contributed by atoms with Gasteiger partial charge in [0.15, 0.2) is 6.61 Å². The van der Waals surface area contributed by atoms with Gasteiger partial charge in [0, 0.05) is 16.3 Å². The van der Waals surface area contributed by atoms with E-state index in [1.165, 1.54) is 0 Å². The molecule has 3 aromatic carbocycles. The summed E-state index contributed by atoms with van der Waals surface area (Å²) in [5, 5.41) is 11.6. The molecule has 0 saturated carbocycles. The van der Waals surface area contributed by atoms with Gasteiger partial charge in [-0.05, 0) is 48.5 Å². The zero-order valence-electron chi connectivity index (χ0n) is 15.2. The molecule has 1 aromatic heterocycles. The van der Waals surface area contributed by atoms with E-state index in [0.717, 1.165) is 5.56 Å². The van der Waals surface area contributed by atoms with Crippen LogP contribution in [0, 0.1) is 0 Å². The lowest BCUT2D eigenvalue weighted by Gasteiger charge is -2.10. The molecule has 7 heteroatoms. The molecule has 1 N–H and O–H groups in total. The van der Waals surface area contributed by atoms with Crippen LogP contribution in [0.5, 0.6) is 5.75 Å². The van der Waals surface area contributed by atoms with Crippen LogP contribution >= 0.6 is 11.6 Å². The third-order valence-corrected chi connectivity index (χ3v) is 4.30. The molecule has 0 aliphatic heterocycles. The molecule has 1 heterocycles. The Kier molecular flexibility index (Phi) is 5.54. The van der Waals surface area contributed by atoms with Crippen molar-refractivity contribution in [1.82, 2.24) is 10.2 Å². The summed E-state index contributed by atoms with van der Waals surface area (Å²) in [7, 11) is 0. The number of halogens is 1. The van der Waals surface area contributed by atoms with Crippen LogP contribution in [0.15, 0.2) is 83.3 Å². The number of anilines is 1. The highest BCUT2D eigenvalue weighted by Gasteiger charge is 2.15. The highest BCUT2D eigenvalue weighted by molar-refractivity contribution is 6.30. The molecule has 0 spiro atoms. The first-order chi connectivity index (χ1) is 14.2. The molecule has 0 saturated heterocycles. The van der Waals surface area contributed by atoms with Crippen LogP contribution in [0.4, 0.5) is 5.69 Å². The van der Waals surface area contributed by atoms with Crippen molar-refractivity contribution in [2.45, 2.75) is 0 Å². The van der Waals surface area contributed by atoms with Gasteiger partial charge in [0.1, 0.15) is 5.75 Å². The summed E-state index contributed by atoms with van der Waals surface area (Å²) in [6.07, 6.45) is 0. The summed E-state index contributed by atoms with van der Waals surface area (Å²) in [5.41, 5.74) is 2.08. The SMILES string of the molecule is O=C(COc1ccccc1-c1nnc(-c2ccccc2)o1)Nc1ccc(Cl)cc1. The number of para-hydroxylation sites is 1. The fourth-order valence-electron chi connectivity index (χ4n) is 2.67. The Morgan fingerprint density at radius 1 is 0.897 bits per heavy atom. The van der Waals surface area contributed by atoms with Crippen LogP contribution in [0.3, 0.4) is 0 Å². The Bertz CT molecular complexity index is 1110. The number of amides is 1. The minimum atomic E-state index is -0.294. The molecule has 144 valence electrons. The third kappa shape index (κ3) is 4.62. The summed E-state index contributed by atoms with van der Waals surface area (Å²) < 4.78 is 11.5. The van der Waals surface area contributed by atoms with Crippen molar-refractivity contribution >= 4 is 23.2 Å². The highest BCUT2D eigenvalue weighted by atomic mass is 35.5. The second kappa shape index (κ2) is 8.58. The van der Waals surface area contributed by atoms with Crippen molar-refractivity contribution in [3.63, 3.8) is 0 Å². The Morgan fingerprint density at radius 2 is 1.59 bits per heavy atom. The predicted octanol–water partition coefficient (Wildman–Crippen LogP) is 5.07. The lowest BCUT2D eigenvalue weighted by atomic mass is 10.2. The Labute approximate surface area is 172 Å². The summed E-state index contributed by atoms with van der Waals surface area (Å²) >= 11 is 5.85. The number of nitrogens with one attached hydrogen (secondary N) is 1. The van der Waals surface area contributed by atoms with Crippen molar-refractivity contribution in [2.75, 3.05) is 11.9 Å². The molecule has 0 radical (unpaired) electrons. The first-order valence-electron chi connectivity index (χ1n) is 8.85. The standard InChI is InChI=1S/C22H16ClN3O3/c23-16-10-12-17(13-11-16)24-20(27)14-28-19-9-5-4-8-18(19)22-26-25-21(29-22)15-6-2-1-3-7-15/h1-13H,14H2,(H,24,27). The van der Waals surface area contributed by atoms with Gasteiger partial charge >= 0.3 is 0 Å². The van der Waals surface area contributed by atoms with Gasteiger partial charge < -0.3 is 14.5 Å². The van der Waals surface area contributed by atoms with Gasteiger partial charge in [-0.3, -0.25) is 4.79 Å².